The van der Waals surface area contributed by atoms with Crippen molar-refractivity contribution in [2.75, 3.05) is 38.1 Å². The van der Waals surface area contributed by atoms with Crippen LogP contribution >= 0.6 is 0 Å². The molecule has 0 unspecified atom stereocenters. The standard InChI is InChI=1S/C27H31N3O3/c1-29-13-7-9-19-16-20(11-12-23(19)29)24(30-14-5-2-6-15-30)18-28-26(31)22-17-21-8-3-4-10-25(21)33-27(22)32/h3-4,8,10-12,16-17,24H,2,5-7,9,13-15,18H2,1H3,(H,28,31)/t24-/m0/s1. The number of carbonyl (C=O) groups excluding carboxylic acids is 1. The van der Waals surface area contributed by atoms with Gasteiger partial charge in [0.2, 0.25) is 0 Å². The summed E-state index contributed by atoms with van der Waals surface area (Å²) in [6, 6.07) is 15.7. The Morgan fingerprint density at radius 3 is 2.70 bits per heavy atom. The molecule has 3 aromatic rings. The molecule has 2 aliphatic rings. The van der Waals surface area contributed by atoms with E-state index in [1.54, 1.807) is 12.1 Å². The molecule has 1 saturated heterocycles. The number of carbonyl (C=O) groups is 1. The van der Waals surface area contributed by atoms with E-state index in [9.17, 15) is 9.59 Å². The van der Waals surface area contributed by atoms with Crippen LogP contribution in [0.15, 0.2) is 57.7 Å². The second kappa shape index (κ2) is 9.40. The number of likely N-dealkylation sites (tertiary alicyclic amines) is 1. The third-order valence-electron chi connectivity index (χ3n) is 7.01. The summed E-state index contributed by atoms with van der Waals surface area (Å²) in [4.78, 5) is 30.2. The number of nitrogens with one attached hydrogen (secondary N) is 1. The van der Waals surface area contributed by atoms with Crippen molar-refractivity contribution in [3.63, 3.8) is 0 Å². The van der Waals surface area contributed by atoms with E-state index in [4.69, 9.17) is 4.42 Å². The van der Waals surface area contributed by atoms with Crippen LogP contribution < -0.4 is 15.8 Å². The van der Waals surface area contributed by atoms with Crippen LogP contribution in [-0.4, -0.2) is 44.0 Å². The maximum atomic E-state index is 13.0. The minimum Gasteiger partial charge on any atom is -0.422 e. The van der Waals surface area contributed by atoms with Gasteiger partial charge in [0.05, 0.1) is 6.04 Å². The van der Waals surface area contributed by atoms with Gasteiger partial charge in [-0.1, -0.05) is 36.8 Å². The Morgan fingerprint density at radius 2 is 1.85 bits per heavy atom. The maximum absolute atomic E-state index is 13.0. The van der Waals surface area contributed by atoms with E-state index in [-0.39, 0.29) is 17.5 Å². The number of benzene rings is 2. The highest BCUT2D eigenvalue weighted by atomic mass is 16.4. The molecule has 6 nitrogen and oxygen atoms in total. The normalized spacial score (nSPS) is 17.5. The quantitative estimate of drug-likeness (QED) is 0.598. The summed E-state index contributed by atoms with van der Waals surface area (Å²) in [5.74, 6) is -0.380. The van der Waals surface area contributed by atoms with Crippen LogP contribution in [0.4, 0.5) is 5.69 Å². The maximum Gasteiger partial charge on any atom is 0.349 e. The first-order valence-corrected chi connectivity index (χ1v) is 12.0. The Hall–Kier alpha value is -3.12. The first-order chi connectivity index (χ1) is 16.1. The molecule has 0 spiro atoms. The molecule has 0 radical (unpaired) electrons. The average Bonchev–Trinajstić information content (AvgIpc) is 2.84. The fourth-order valence-corrected chi connectivity index (χ4v) is 5.21. The molecule has 2 aliphatic heterocycles. The monoisotopic (exact) mass is 445 g/mol. The number of para-hydroxylation sites is 1. The van der Waals surface area contributed by atoms with Gasteiger partial charge in [0.1, 0.15) is 11.1 Å². The minimum atomic E-state index is -0.599. The van der Waals surface area contributed by atoms with E-state index in [1.165, 1.54) is 36.1 Å². The second-order valence-corrected chi connectivity index (χ2v) is 9.22. The number of amides is 1. The van der Waals surface area contributed by atoms with E-state index < -0.39 is 5.63 Å². The number of anilines is 1. The molecule has 1 atom stereocenters. The van der Waals surface area contributed by atoms with Gasteiger partial charge >= 0.3 is 5.63 Å². The van der Waals surface area contributed by atoms with Crippen LogP contribution in [0.3, 0.4) is 0 Å². The van der Waals surface area contributed by atoms with Crippen molar-refractivity contribution >= 4 is 22.6 Å². The van der Waals surface area contributed by atoms with Gasteiger partial charge < -0.3 is 14.6 Å². The predicted molar refractivity (Wildman–Crippen MR) is 131 cm³/mol. The first kappa shape index (κ1) is 21.7. The Bertz CT molecular complexity index is 1210. The Morgan fingerprint density at radius 1 is 1.03 bits per heavy atom. The number of rotatable bonds is 5. The Balaban J connectivity index is 1.40. The molecule has 2 aromatic carbocycles. The third-order valence-corrected chi connectivity index (χ3v) is 7.01. The van der Waals surface area contributed by atoms with Gasteiger partial charge in [0, 0.05) is 31.2 Å². The van der Waals surface area contributed by atoms with E-state index in [0.29, 0.717) is 12.1 Å². The Kier molecular flexibility index (Phi) is 6.18. The molecule has 1 amide bonds. The van der Waals surface area contributed by atoms with Crippen LogP contribution in [-0.2, 0) is 6.42 Å². The number of nitrogens with zero attached hydrogens (tertiary/aromatic N) is 2. The summed E-state index contributed by atoms with van der Waals surface area (Å²) in [5, 5.41) is 3.78. The number of fused-ring (bicyclic) bond motifs is 2. The van der Waals surface area contributed by atoms with Crippen molar-refractivity contribution < 1.29 is 9.21 Å². The fraction of sp³-hybridized carbons (Fsp3) is 0.407. The lowest BCUT2D eigenvalue weighted by Gasteiger charge is -2.36. The van der Waals surface area contributed by atoms with Crippen molar-refractivity contribution in [1.82, 2.24) is 10.2 Å². The summed E-state index contributed by atoms with van der Waals surface area (Å²) in [6.07, 6.45) is 5.85. The molecule has 172 valence electrons. The zero-order valence-electron chi connectivity index (χ0n) is 19.2. The lowest BCUT2D eigenvalue weighted by molar-refractivity contribution is 0.0921. The molecule has 1 fully saturated rings. The lowest BCUT2D eigenvalue weighted by Crippen LogP contribution is -2.41. The molecule has 0 aliphatic carbocycles. The zero-order valence-corrected chi connectivity index (χ0v) is 19.2. The average molecular weight is 446 g/mol. The first-order valence-electron chi connectivity index (χ1n) is 12.0. The summed E-state index contributed by atoms with van der Waals surface area (Å²) in [6.45, 7) is 3.59. The Labute approximate surface area is 194 Å². The van der Waals surface area contributed by atoms with Gasteiger partial charge in [-0.15, -0.1) is 0 Å². The second-order valence-electron chi connectivity index (χ2n) is 9.22. The van der Waals surface area contributed by atoms with Gasteiger partial charge in [-0.2, -0.15) is 0 Å². The van der Waals surface area contributed by atoms with E-state index in [1.807, 2.05) is 18.2 Å². The van der Waals surface area contributed by atoms with E-state index in [2.05, 4.69) is 40.4 Å². The van der Waals surface area contributed by atoms with Gasteiger partial charge in [0.15, 0.2) is 0 Å². The molecule has 3 heterocycles. The fourth-order valence-electron chi connectivity index (χ4n) is 5.21. The summed E-state index contributed by atoms with van der Waals surface area (Å²) in [5.41, 5.74) is 3.86. The lowest BCUT2D eigenvalue weighted by atomic mass is 9.95. The molecule has 5 rings (SSSR count). The number of aryl methyl sites for hydroxylation is 1. The highest BCUT2D eigenvalue weighted by Crippen LogP contribution is 2.31. The largest absolute Gasteiger partial charge is 0.422 e. The van der Waals surface area contributed by atoms with Gasteiger partial charge in [-0.3, -0.25) is 9.69 Å². The molecule has 1 aromatic heterocycles. The van der Waals surface area contributed by atoms with Crippen LogP contribution in [0.5, 0.6) is 0 Å². The number of hydrogen-bond donors (Lipinski definition) is 1. The molecule has 0 bridgehead atoms. The predicted octanol–water partition coefficient (Wildman–Crippen LogP) is 4.13. The van der Waals surface area contributed by atoms with E-state index in [0.717, 1.165) is 37.9 Å². The number of hydrogen-bond acceptors (Lipinski definition) is 5. The molecule has 33 heavy (non-hydrogen) atoms. The highest BCUT2D eigenvalue weighted by molar-refractivity contribution is 5.96. The SMILES string of the molecule is CN1CCCc2cc([C@H](CNC(=O)c3cc4ccccc4oc3=O)N3CCCCC3)ccc21. The van der Waals surface area contributed by atoms with Crippen molar-refractivity contribution in [3.8, 4) is 0 Å². The van der Waals surface area contributed by atoms with Crippen molar-refractivity contribution in [1.29, 1.82) is 0 Å². The smallest absolute Gasteiger partial charge is 0.349 e. The molecule has 1 N–H and O–H groups in total. The molecule has 0 saturated carbocycles. The van der Waals surface area contributed by atoms with Gasteiger partial charge in [0.25, 0.3) is 5.91 Å². The van der Waals surface area contributed by atoms with Crippen molar-refractivity contribution in [2.24, 2.45) is 0 Å². The third kappa shape index (κ3) is 4.53. The van der Waals surface area contributed by atoms with Crippen molar-refractivity contribution in [2.45, 2.75) is 38.1 Å². The minimum absolute atomic E-state index is 0.0539. The van der Waals surface area contributed by atoms with Crippen LogP contribution in [0.2, 0.25) is 0 Å². The summed E-state index contributed by atoms with van der Waals surface area (Å²) in [7, 11) is 2.15. The van der Waals surface area contributed by atoms with Gasteiger partial charge in [-0.25, -0.2) is 4.79 Å². The summed E-state index contributed by atoms with van der Waals surface area (Å²) < 4.78 is 5.36. The highest BCUT2D eigenvalue weighted by Gasteiger charge is 2.25. The van der Waals surface area contributed by atoms with Crippen LogP contribution in [0.25, 0.3) is 11.0 Å². The molecular weight excluding hydrogens is 414 g/mol. The zero-order chi connectivity index (χ0) is 22.8. The summed E-state index contributed by atoms with van der Waals surface area (Å²) >= 11 is 0. The topological polar surface area (TPSA) is 65.8 Å². The van der Waals surface area contributed by atoms with Gasteiger partial charge in [-0.05, 0) is 68.1 Å². The van der Waals surface area contributed by atoms with E-state index >= 15 is 0 Å². The van der Waals surface area contributed by atoms with Crippen molar-refractivity contribution in [3.05, 3.63) is 75.6 Å². The number of piperidine rings is 1. The van der Waals surface area contributed by atoms with Crippen LogP contribution in [0, 0.1) is 0 Å². The molecule has 6 heteroatoms. The molecular formula is C27H31N3O3. The van der Waals surface area contributed by atoms with Crippen LogP contribution in [0.1, 0.15) is 53.2 Å².